The van der Waals surface area contributed by atoms with Crippen LogP contribution in [0.5, 0.6) is 0 Å². The van der Waals surface area contributed by atoms with E-state index in [1.165, 1.54) is 6.33 Å². The number of anilines is 2. The Hall–Kier alpha value is -2.60. The van der Waals surface area contributed by atoms with E-state index in [0.717, 1.165) is 16.7 Å². The molecule has 1 unspecified atom stereocenters. The zero-order chi connectivity index (χ0) is 17.2. The van der Waals surface area contributed by atoms with Crippen LogP contribution in [0.2, 0.25) is 0 Å². The Balaban J connectivity index is 1.99. The number of benzene rings is 2. The van der Waals surface area contributed by atoms with E-state index in [1.54, 1.807) is 12.1 Å². The van der Waals surface area contributed by atoms with E-state index >= 15 is 0 Å². The standard InChI is InChI=1S/C18H20N4OS/c1-13(2)21-18-16-11-14(9-10-17(16)19-12-20-18)22-24(3,23)15-7-5-4-6-8-15/h4-13H,3H2,1-2H3,(H,22,23)(H,19,20,21). The fourth-order valence-electron chi connectivity index (χ4n) is 2.40. The molecule has 0 saturated heterocycles. The second-order valence-corrected chi connectivity index (χ2v) is 7.87. The molecule has 1 aromatic heterocycles. The van der Waals surface area contributed by atoms with E-state index < -0.39 is 9.71 Å². The molecule has 0 aliphatic rings. The van der Waals surface area contributed by atoms with E-state index in [9.17, 15) is 4.21 Å². The number of fused-ring (bicyclic) bond motifs is 1. The van der Waals surface area contributed by atoms with Crippen LogP contribution in [0.4, 0.5) is 11.5 Å². The van der Waals surface area contributed by atoms with Crippen molar-refractivity contribution < 1.29 is 4.21 Å². The SMILES string of the molecule is C=S(=O)(Nc1ccc2ncnc(NC(C)C)c2c1)c1ccccc1. The smallest absolute Gasteiger partial charge is 0.137 e. The summed E-state index contributed by atoms with van der Waals surface area (Å²) in [4.78, 5) is 9.25. The van der Waals surface area contributed by atoms with Gasteiger partial charge in [0.25, 0.3) is 0 Å². The maximum atomic E-state index is 12.9. The van der Waals surface area contributed by atoms with Gasteiger partial charge in [0.2, 0.25) is 0 Å². The second-order valence-electron chi connectivity index (χ2n) is 5.84. The molecule has 0 bridgehead atoms. The van der Waals surface area contributed by atoms with Gasteiger partial charge < -0.3 is 10.0 Å². The Bertz CT molecular complexity index is 953. The van der Waals surface area contributed by atoms with E-state index in [4.69, 9.17) is 0 Å². The molecule has 0 spiro atoms. The summed E-state index contributed by atoms with van der Waals surface area (Å²) in [5.74, 6) is 4.61. The zero-order valence-corrected chi connectivity index (χ0v) is 14.5. The Morgan fingerprint density at radius 1 is 1.08 bits per heavy atom. The van der Waals surface area contributed by atoms with Gasteiger partial charge in [-0.05, 0) is 50.0 Å². The quantitative estimate of drug-likeness (QED) is 0.697. The monoisotopic (exact) mass is 340 g/mol. The molecule has 0 radical (unpaired) electrons. The van der Waals surface area contributed by atoms with Crippen molar-refractivity contribution in [2.75, 3.05) is 10.0 Å². The largest absolute Gasteiger partial charge is 0.367 e. The van der Waals surface area contributed by atoms with Crippen molar-refractivity contribution in [1.82, 2.24) is 9.97 Å². The Kier molecular flexibility index (Phi) is 4.40. The van der Waals surface area contributed by atoms with Gasteiger partial charge in [0, 0.05) is 22.0 Å². The van der Waals surface area contributed by atoms with Gasteiger partial charge in [-0.3, -0.25) is 0 Å². The highest BCUT2D eigenvalue weighted by atomic mass is 32.2. The van der Waals surface area contributed by atoms with E-state index in [-0.39, 0.29) is 6.04 Å². The average Bonchev–Trinajstić information content (AvgIpc) is 2.55. The van der Waals surface area contributed by atoms with Gasteiger partial charge in [0.1, 0.15) is 12.1 Å². The maximum absolute atomic E-state index is 12.9. The molecule has 3 rings (SSSR count). The van der Waals surface area contributed by atoms with Crippen molar-refractivity contribution in [1.29, 1.82) is 0 Å². The number of hydrogen-bond acceptors (Lipinski definition) is 4. The van der Waals surface area contributed by atoms with Gasteiger partial charge in [-0.1, -0.05) is 18.2 Å². The third kappa shape index (κ3) is 3.49. The van der Waals surface area contributed by atoms with Gasteiger partial charge in [-0.2, -0.15) is 0 Å². The van der Waals surface area contributed by atoms with Crippen molar-refractivity contribution in [2.24, 2.45) is 0 Å². The van der Waals surface area contributed by atoms with Crippen LogP contribution in [0, 0.1) is 0 Å². The number of aromatic nitrogens is 2. The summed E-state index contributed by atoms with van der Waals surface area (Å²) in [7, 11) is -2.63. The number of rotatable bonds is 5. The fourth-order valence-corrected chi connectivity index (χ4v) is 3.62. The molecular formula is C18H20N4OS. The molecule has 124 valence electrons. The molecule has 0 aliphatic heterocycles. The van der Waals surface area contributed by atoms with Crippen molar-refractivity contribution >= 4 is 38.0 Å². The molecular weight excluding hydrogens is 320 g/mol. The minimum atomic E-state index is -2.63. The summed E-state index contributed by atoms with van der Waals surface area (Å²) in [6.07, 6.45) is 1.54. The normalized spacial score (nSPS) is 13.6. The van der Waals surface area contributed by atoms with Crippen LogP contribution >= 0.6 is 0 Å². The van der Waals surface area contributed by atoms with Crippen LogP contribution in [-0.2, 0) is 9.71 Å². The first-order valence-corrected chi connectivity index (χ1v) is 9.40. The fraction of sp³-hybridized carbons (Fsp3) is 0.167. The molecule has 0 aliphatic carbocycles. The lowest BCUT2D eigenvalue weighted by Gasteiger charge is -2.15. The molecule has 3 aromatic rings. The highest BCUT2D eigenvalue weighted by molar-refractivity contribution is 8.01. The highest BCUT2D eigenvalue weighted by Crippen LogP contribution is 2.25. The number of nitrogens with one attached hydrogen (secondary N) is 2. The minimum absolute atomic E-state index is 0.251. The summed E-state index contributed by atoms with van der Waals surface area (Å²) in [6.45, 7) is 4.10. The van der Waals surface area contributed by atoms with Crippen LogP contribution in [-0.4, -0.2) is 26.1 Å². The van der Waals surface area contributed by atoms with Gasteiger partial charge >= 0.3 is 0 Å². The van der Waals surface area contributed by atoms with E-state index in [1.807, 2.05) is 50.2 Å². The summed E-state index contributed by atoms with van der Waals surface area (Å²) in [6, 6.07) is 15.1. The molecule has 5 nitrogen and oxygen atoms in total. The van der Waals surface area contributed by atoms with E-state index in [2.05, 4.69) is 25.9 Å². The van der Waals surface area contributed by atoms with E-state index in [0.29, 0.717) is 10.6 Å². The van der Waals surface area contributed by atoms with Gasteiger partial charge in [0.05, 0.1) is 15.2 Å². The molecule has 1 atom stereocenters. The molecule has 2 N–H and O–H groups in total. The third-order valence-electron chi connectivity index (χ3n) is 3.47. The zero-order valence-electron chi connectivity index (χ0n) is 13.7. The number of hydrogen-bond donors (Lipinski definition) is 2. The predicted octanol–water partition coefficient (Wildman–Crippen LogP) is 3.55. The first kappa shape index (κ1) is 16.3. The Morgan fingerprint density at radius 3 is 2.54 bits per heavy atom. The third-order valence-corrected chi connectivity index (χ3v) is 5.07. The molecule has 6 heteroatoms. The average molecular weight is 340 g/mol. The van der Waals surface area contributed by atoms with Crippen molar-refractivity contribution in [2.45, 2.75) is 24.8 Å². The van der Waals surface area contributed by atoms with Crippen LogP contribution in [0.3, 0.4) is 0 Å². The van der Waals surface area contributed by atoms with Gasteiger partial charge in [-0.25, -0.2) is 14.2 Å². The molecule has 0 fully saturated rings. The molecule has 2 aromatic carbocycles. The van der Waals surface area contributed by atoms with Crippen molar-refractivity contribution in [3.05, 3.63) is 54.9 Å². The Labute approximate surface area is 142 Å². The molecule has 0 saturated carbocycles. The lowest BCUT2D eigenvalue weighted by atomic mass is 10.2. The molecule has 0 amide bonds. The lowest BCUT2D eigenvalue weighted by Crippen LogP contribution is -2.13. The minimum Gasteiger partial charge on any atom is -0.367 e. The first-order valence-electron chi connectivity index (χ1n) is 7.67. The summed E-state index contributed by atoms with van der Waals surface area (Å²) >= 11 is 0. The van der Waals surface area contributed by atoms with Crippen molar-refractivity contribution in [3.8, 4) is 0 Å². The first-order chi connectivity index (χ1) is 11.5. The highest BCUT2D eigenvalue weighted by Gasteiger charge is 2.10. The second kappa shape index (κ2) is 6.49. The van der Waals surface area contributed by atoms with Crippen LogP contribution < -0.4 is 10.0 Å². The lowest BCUT2D eigenvalue weighted by molar-refractivity contribution is 0.684. The van der Waals surface area contributed by atoms with Gasteiger partial charge in [-0.15, -0.1) is 0 Å². The summed E-state index contributed by atoms with van der Waals surface area (Å²) in [5.41, 5.74) is 1.54. The molecule has 1 heterocycles. The Morgan fingerprint density at radius 2 is 1.83 bits per heavy atom. The van der Waals surface area contributed by atoms with Crippen LogP contribution in [0.1, 0.15) is 13.8 Å². The summed E-state index contributed by atoms with van der Waals surface area (Å²) in [5, 5.41) is 4.18. The predicted molar refractivity (Wildman–Crippen MR) is 102 cm³/mol. The van der Waals surface area contributed by atoms with Crippen LogP contribution in [0.25, 0.3) is 10.9 Å². The van der Waals surface area contributed by atoms with Crippen molar-refractivity contribution in [3.63, 3.8) is 0 Å². The van der Waals surface area contributed by atoms with Gasteiger partial charge in [0.15, 0.2) is 0 Å². The topological polar surface area (TPSA) is 66.9 Å². The summed E-state index contributed by atoms with van der Waals surface area (Å²) < 4.78 is 15.9. The number of nitrogens with zero attached hydrogens (tertiary/aromatic N) is 2. The maximum Gasteiger partial charge on any atom is 0.137 e. The van der Waals surface area contributed by atoms with Crippen LogP contribution in [0.15, 0.2) is 59.8 Å². The molecule has 24 heavy (non-hydrogen) atoms.